The van der Waals surface area contributed by atoms with Crippen LogP contribution in [0.1, 0.15) is 41.7 Å². The smallest absolute Gasteiger partial charge is 0.322 e. The number of fused-ring (bicyclic) bond motifs is 1. The van der Waals surface area contributed by atoms with Gasteiger partial charge >= 0.3 is 6.01 Å². The lowest BCUT2D eigenvalue weighted by atomic mass is 10.2. The van der Waals surface area contributed by atoms with Crippen molar-refractivity contribution in [3.63, 3.8) is 0 Å². The number of carbonyl (C=O) groups excluding carboxylic acids is 1. The van der Waals surface area contributed by atoms with Crippen molar-refractivity contribution in [1.29, 1.82) is 0 Å². The minimum Gasteiger partial charge on any atom is -0.408 e. The molecule has 0 saturated heterocycles. The molecule has 0 bridgehead atoms. The molecule has 0 fully saturated rings. The maximum Gasteiger partial charge on any atom is 0.322 e. The molecule has 8 nitrogen and oxygen atoms in total. The van der Waals surface area contributed by atoms with E-state index in [0.717, 1.165) is 16.0 Å². The number of rotatable bonds is 6. The molecule has 10 heteroatoms. The van der Waals surface area contributed by atoms with Crippen molar-refractivity contribution in [3.8, 4) is 5.69 Å². The average molecular weight is 470 g/mol. The van der Waals surface area contributed by atoms with Gasteiger partial charge in [0, 0.05) is 10.8 Å². The molecule has 1 aromatic carbocycles. The third kappa shape index (κ3) is 4.33. The van der Waals surface area contributed by atoms with Crippen LogP contribution in [0.3, 0.4) is 0 Å². The molecule has 0 saturated carbocycles. The van der Waals surface area contributed by atoms with Gasteiger partial charge in [0.05, 0.1) is 16.8 Å². The van der Waals surface area contributed by atoms with E-state index < -0.39 is 0 Å². The summed E-state index contributed by atoms with van der Waals surface area (Å²) in [4.78, 5) is 32.5. The molecule has 4 rings (SSSR count). The number of nitrogens with one attached hydrogen (secondary N) is 1. The summed E-state index contributed by atoms with van der Waals surface area (Å²) in [6.45, 7) is 9.74. The lowest BCUT2D eigenvalue weighted by molar-refractivity contribution is -0.113. The maximum absolute atomic E-state index is 13.5. The van der Waals surface area contributed by atoms with E-state index >= 15 is 0 Å². The summed E-state index contributed by atoms with van der Waals surface area (Å²) < 4.78 is 7.01. The van der Waals surface area contributed by atoms with E-state index in [0.29, 0.717) is 27.0 Å². The zero-order chi connectivity index (χ0) is 23.0. The second-order valence-electron chi connectivity index (χ2n) is 7.77. The fourth-order valence-electron chi connectivity index (χ4n) is 3.17. The molecule has 0 spiro atoms. The third-order valence-corrected chi connectivity index (χ3v) is 6.98. The van der Waals surface area contributed by atoms with E-state index in [-0.39, 0.29) is 29.2 Å². The highest BCUT2D eigenvalue weighted by Gasteiger charge is 2.19. The van der Waals surface area contributed by atoms with Crippen molar-refractivity contribution in [2.24, 2.45) is 0 Å². The number of benzene rings is 1. The maximum atomic E-state index is 13.5. The van der Waals surface area contributed by atoms with Crippen molar-refractivity contribution in [3.05, 3.63) is 56.5 Å². The van der Waals surface area contributed by atoms with Crippen LogP contribution in [0.15, 0.2) is 38.6 Å². The van der Waals surface area contributed by atoms with Crippen LogP contribution in [0.5, 0.6) is 0 Å². The number of thioether (sulfide) groups is 1. The normalized spacial score (nSPS) is 11.4. The summed E-state index contributed by atoms with van der Waals surface area (Å²) >= 11 is 2.67. The third-order valence-electron chi connectivity index (χ3n) is 4.95. The van der Waals surface area contributed by atoms with Gasteiger partial charge < -0.3 is 4.42 Å². The van der Waals surface area contributed by atoms with Gasteiger partial charge in [-0.1, -0.05) is 42.8 Å². The average Bonchev–Trinajstić information content (AvgIpc) is 3.31. The lowest BCUT2D eigenvalue weighted by Gasteiger charge is -2.12. The summed E-state index contributed by atoms with van der Waals surface area (Å²) in [7, 11) is 0. The molecule has 32 heavy (non-hydrogen) atoms. The van der Waals surface area contributed by atoms with Crippen LogP contribution in [-0.2, 0) is 4.79 Å². The number of aryl methyl sites for hydroxylation is 3. The summed E-state index contributed by atoms with van der Waals surface area (Å²) in [5.41, 5.74) is 2.55. The predicted molar refractivity (Wildman–Crippen MR) is 127 cm³/mol. The number of hydrogen-bond donors (Lipinski definition) is 1. The molecule has 0 unspecified atom stereocenters. The van der Waals surface area contributed by atoms with Gasteiger partial charge in [0.2, 0.25) is 11.8 Å². The Labute approximate surface area is 193 Å². The molecule has 0 radical (unpaired) electrons. The van der Waals surface area contributed by atoms with Gasteiger partial charge in [-0.2, -0.15) is 0 Å². The fraction of sp³-hybridized carbons (Fsp3) is 0.318. The van der Waals surface area contributed by atoms with Crippen molar-refractivity contribution < 1.29 is 9.21 Å². The molecule has 0 aliphatic rings. The van der Waals surface area contributed by atoms with Gasteiger partial charge in [-0.05, 0) is 44.0 Å². The van der Waals surface area contributed by atoms with E-state index in [2.05, 4.69) is 15.5 Å². The molecular formula is C22H23N5O3S2. The van der Waals surface area contributed by atoms with Crippen molar-refractivity contribution in [1.82, 2.24) is 19.7 Å². The molecule has 4 aromatic rings. The van der Waals surface area contributed by atoms with Gasteiger partial charge in [0.1, 0.15) is 4.83 Å². The first-order valence-electron chi connectivity index (χ1n) is 10.1. The number of aromatic nitrogens is 4. The monoisotopic (exact) mass is 469 g/mol. The fourth-order valence-corrected chi connectivity index (χ4v) is 5.05. The molecule has 1 N–H and O–H groups in total. The summed E-state index contributed by atoms with van der Waals surface area (Å²) in [5, 5.41) is 11.4. The number of carbonyl (C=O) groups is 1. The Kier molecular flexibility index (Phi) is 6.16. The minimum atomic E-state index is -0.322. The van der Waals surface area contributed by atoms with Gasteiger partial charge in [-0.15, -0.1) is 16.4 Å². The van der Waals surface area contributed by atoms with Crippen LogP contribution in [-0.4, -0.2) is 31.4 Å². The van der Waals surface area contributed by atoms with Gasteiger partial charge in [0.25, 0.3) is 5.56 Å². The van der Waals surface area contributed by atoms with Crippen LogP contribution in [0.4, 0.5) is 6.01 Å². The van der Waals surface area contributed by atoms with Crippen LogP contribution in [0.25, 0.3) is 15.9 Å². The van der Waals surface area contributed by atoms with Crippen molar-refractivity contribution in [2.75, 3.05) is 11.1 Å². The molecular weight excluding hydrogens is 446 g/mol. The largest absolute Gasteiger partial charge is 0.408 e. The first-order chi connectivity index (χ1) is 15.2. The highest BCUT2D eigenvalue weighted by molar-refractivity contribution is 7.99. The Morgan fingerprint density at radius 2 is 2.03 bits per heavy atom. The molecule has 1 amide bonds. The standard InChI is InChI=1S/C22H23N5O3S2/c1-11(2)18-25-26-21(30-18)23-16(28)10-31-22-24-19-17(13(4)14(5)32-19)20(29)27(22)15-8-6-7-12(3)9-15/h6-9,11H,10H2,1-5H3,(H,23,26,28). The highest BCUT2D eigenvalue weighted by Crippen LogP contribution is 2.29. The first-order valence-corrected chi connectivity index (χ1v) is 11.9. The van der Waals surface area contributed by atoms with E-state index in [9.17, 15) is 9.59 Å². The van der Waals surface area contributed by atoms with Crippen LogP contribution >= 0.6 is 23.1 Å². The quantitative estimate of drug-likeness (QED) is 0.325. The molecule has 0 atom stereocenters. The number of anilines is 1. The summed E-state index contributed by atoms with van der Waals surface area (Å²) in [5.74, 6) is 0.237. The summed E-state index contributed by atoms with van der Waals surface area (Å²) in [6, 6.07) is 7.72. The topological polar surface area (TPSA) is 103 Å². The number of nitrogens with zero attached hydrogens (tertiary/aromatic N) is 4. The minimum absolute atomic E-state index is 0.0342. The van der Waals surface area contributed by atoms with E-state index in [1.165, 1.54) is 23.1 Å². The summed E-state index contributed by atoms with van der Waals surface area (Å²) in [6.07, 6.45) is 0. The van der Waals surface area contributed by atoms with Crippen LogP contribution < -0.4 is 10.9 Å². The van der Waals surface area contributed by atoms with Crippen LogP contribution in [0, 0.1) is 20.8 Å². The Hall–Kier alpha value is -2.98. The Bertz CT molecular complexity index is 1370. The number of amides is 1. The Balaban J connectivity index is 1.67. The highest BCUT2D eigenvalue weighted by atomic mass is 32.2. The van der Waals surface area contributed by atoms with Gasteiger partial charge in [0.15, 0.2) is 5.16 Å². The zero-order valence-electron chi connectivity index (χ0n) is 18.4. The molecule has 3 aromatic heterocycles. The molecule has 0 aliphatic carbocycles. The molecule has 3 heterocycles. The predicted octanol–water partition coefficient (Wildman–Crippen LogP) is 4.61. The van der Waals surface area contributed by atoms with Crippen molar-refractivity contribution >= 4 is 45.2 Å². The molecule has 0 aliphatic heterocycles. The number of thiophene rings is 1. The second kappa shape index (κ2) is 8.87. The van der Waals surface area contributed by atoms with Crippen LogP contribution in [0.2, 0.25) is 0 Å². The van der Waals surface area contributed by atoms with E-state index in [4.69, 9.17) is 9.40 Å². The SMILES string of the molecule is Cc1cccc(-n2c(SCC(=O)Nc3nnc(C(C)C)o3)nc3sc(C)c(C)c3c2=O)c1. The second-order valence-corrected chi connectivity index (χ2v) is 9.92. The van der Waals surface area contributed by atoms with Gasteiger partial charge in [-0.25, -0.2) is 4.98 Å². The zero-order valence-corrected chi connectivity index (χ0v) is 20.1. The van der Waals surface area contributed by atoms with Gasteiger partial charge in [-0.3, -0.25) is 19.5 Å². The Morgan fingerprint density at radius 1 is 1.25 bits per heavy atom. The Morgan fingerprint density at radius 3 is 2.72 bits per heavy atom. The first kappa shape index (κ1) is 22.2. The number of hydrogen-bond acceptors (Lipinski definition) is 8. The van der Waals surface area contributed by atoms with E-state index in [1.54, 1.807) is 4.57 Å². The van der Waals surface area contributed by atoms with E-state index in [1.807, 2.05) is 58.9 Å². The molecule has 166 valence electrons. The lowest BCUT2D eigenvalue weighted by Crippen LogP contribution is -2.23. The van der Waals surface area contributed by atoms with Crippen molar-refractivity contribution in [2.45, 2.75) is 45.7 Å².